The van der Waals surface area contributed by atoms with Gasteiger partial charge >= 0.3 is 5.97 Å². The van der Waals surface area contributed by atoms with Gasteiger partial charge in [-0.2, -0.15) is 0 Å². The van der Waals surface area contributed by atoms with Gasteiger partial charge in [0.2, 0.25) is 0 Å². The van der Waals surface area contributed by atoms with E-state index in [-0.39, 0.29) is 17.7 Å². The van der Waals surface area contributed by atoms with Crippen LogP contribution in [-0.4, -0.2) is 23.7 Å². The monoisotopic (exact) mass is 473 g/mol. The van der Waals surface area contributed by atoms with E-state index in [0.717, 1.165) is 11.6 Å². The Morgan fingerprint density at radius 2 is 1.74 bits per heavy atom. The number of carboxylic acids is 1. The van der Waals surface area contributed by atoms with E-state index in [1.165, 1.54) is 22.4 Å². The molecule has 0 saturated carbocycles. The van der Waals surface area contributed by atoms with Crippen LogP contribution in [0.3, 0.4) is 0 Å². The van der Waals surface area contributed by atoms with E-state index in [4.69, 9.17) is 4.74 Å². The Bertz CT molecular complexity index is 1400. The van der Waals surface area contributed by atoms with Crippen LogP contribution in [-0.2, 0) is 0 Å². The lowest BCUT2D eigenvalue weighted by Crippen LogP contribution is -2.37. The summed E-state index contributed by atoms with van der Waals surface area (Å²) in [4.78, 5) is 11.5. The van der Waals surface area contributed by atoms with Crippen molar-refractivity contribution < 1.29 is 23.4 Å². The number of ether oxygens (including phenoxy) is 1. The molecule has 4 nitrogen and oxygen atoms in total. The maximum atomic E-state index is 15.2. The third-order valence-corrected chi connectivity index (χ3v) is 6.74. The number of fused-ring (bicyclic) bond motifs is 2. The van der Waals surface area contributed by atoms with Crippen LogP contribution < -0.4 is 10.1 Å². The van der Waals surface area contributed by atoms with Gasteiger partial charge in [0.1, 0.15) is 29.1 Å². The molecule has 1 aliphatic rings. The van der Waals surface area contributed by atoms with Crippen molar-refractivity contribution in [3.8, 4) is 5.75 Å². The molecule has 35 heavy (non-hydrogen) atoms. The molecule has 5 rings (SSSR count). The molecule has 4 aromatic rings. The van der Waals surface area contributed by atoms with Crippen LogP contribution in [0.1, 0.15) is 52.4 Å². The van der Waals surface area contributed by atoms with E-state index < -0.39 is 29.1 Å². The van der Waals surface area contributed by atoms with Crippen LogP contribution >= 0.6 is 0 Å². The standard InChI is InChI=1S/C29H25F2NO3/c1-17(20-11-6-8-18-7-2-3-9-21(18)20)32-16-19-15-24(22-10-4-5-12-26(22)35-19)23-13-14-25(30)27(28(23)31)29(33)34/h2-14,17,19,24,32H,15-16H2,1H3,(H,33,34)/t17-,19-,24-/m1/s1. The molecule has 2 N–H and O–H groups in total. The van der Waals surface area contributed by atoms with Crippen LogP contribution in [0.25, 0.3) is 10.8 Å². The molecule has 0 radical (unpaired) electrons. The number of halogens is 2. The zero-order valence-electron chi connectivity index (χ0n) is 19.2. The van der Waals surface area contributed by atoms with Gasteiger partial charge in [-0.3, -0.25) is 0 Å². The molecule has 0 aromatic heterocycles. The zero-order valence-corrected chi connectivity index (χ0v) is 19.2. The van der Waals surface area contributed by atoms with Crippen molar-refractivity contribution in [1.29, 1.82) is 0 Å². The van der Waals surface area contributed by atoms with Gasteiger partial charge in [-0.15, -0.1) is 0 Å². The molecule has 0 aliphatic carbocycles. The fourth-order valence-corrected chi connectivity index (χ4v) is 4.99. The maximum Gasteiger partial charge on any atom is 0.341 e. The van der Waals surface area contributed by atoms with Gasteiger partial charge in [-0.1, -0.05) is 66.7 Å². The van der Waals surface area contributed by atoms with Gasteiger partial charge in [0, 0.05) is 24.1 Å². The van der Waals surface area contributed by atoms with Crippen molar-refractivity contribution in [3.05, 3.63) is 113 Å². The quantitative estimate of drug-likeness (QED) is 0.338. The molecule has 4 aromatic carbocycles. The molecule has 0 spiro atoms. The molecule has 0 amide bonds. The summed E-state index contributed by atoms with van der Waals surface area (Å²) in [7, 11) is 0. The van der Waals surface area contributed by atoms with Gasteiger partial charge in [0.05, 0.1) is 0 Å². The highest BCUT2D eigenvalue weighted by Crippen LogP contribution is 2.42. The molecule has 0 fully saturated rings. The molecular weight excluding hydrogens is 448 g/mol. The Morgan fingerprint density at radius 1 is 1.00 bits per heavy atom. The van der Waals surface area contributed by atoms with Gasteiger partial charge in [0.15, 0.2) is 0 Å². The molecule has 6 heteroatoms. The summed E-state index contributed by atoms with van der Waals surface area (Å²) in [5.74, 6) is -3.58. The van der Waals surface area contributed by atoms with Gasteiger partial charge in [-0.05, 0) is 47.4 Å². The average molecular weight is 474 g/mol. The highest BCUT2D eigenvalue weighted by molar-refractivity contribution is 5.88. The van der Waals surface area contributed by atoms with E-state index in [9.17, 15) is 14.3 Å². The van der Waals surface area contributed by atoms with Crippen LogP contribution in [0.2, 0.25) is 0 Å². The number of carbonyl (C=O) groups is 1. The van der Waals surface area contributed by atoms with Gasteiger partial charge in [0.25, 0.3) is 0 Å². The third kappa shape index (κ3) is 4.37. The van der Waals surface area contributed by atoms with Gasteiger partial charge < -0.3 is 15.2 Å². The summed E-state index contributed by atoms with van der Waals surface area (Å²) in [5.41, 5.74) is 1.16. The van der Waals surface area contributed by atoms with Crippen LogP contribution in [0.4, 0.5) is 8.78 Å². The minimum atomic E-state index is -1.62. The Labute approximate surface area is 202 Å². The summed E-state index contributed by atoms with van der Waals surface area (Å²) >= 11 is 0. The Hall–Kier alpha value is -3.77. The summed E-state index contributed by atoms with van der Waals surface area (Å²) in [6.07, 6.45) is 0.138. The van der Waals surface area contributed by atoms with Crippen LogP contribution in [0.15, 0.2) is 78.9 Å². The van der Waals surface area contributed by atoms with Crippen molar-refractivity contribution in [2.75, 3.05) is 6.54 Å². The minimum Gasteiger partial charge on any atom is -0.489 e. The highest BCUT2D eigenvalue weighted by Gasteiger charge is 2.33. The minimum absolute atomic E-state index is 0.0430. The predicted molar refractivity (Wildman–Crippen MR) is 131 cm³/mol. The summed E-state index contributed by atoms with van der Waals surface area (Å²) in [5, 5.41) is 15.2. The van der Waals surface area contributed by atoms with Crippen molar-refractivity contribution in [2.45, 2.75) is 31.4 Å². The fraction of sp³-hybridized carbons (Fsp3) is 0.207. The average Bonchev–Trinajstić information content (AvgIpc) is 2.86. The smallest absolute Gasteiger partial charge is 0.341 e. The lowest BCUT2D eigenvalue weighted by molar-refractivity contribution is 0.0686. The number of carboxylic acid groups (broad SMARTS) is 1. The van der Waals surface area contributed by atoms with Crippen molar-refractivity contribution >= 4 is 16.7 Å². The maximum absolute atomic E-state index is 15.2. The second-order valence-corrected chi connectivity index (χ2v) is 8.90. The second-order valence-electron chi connectivity index (χ2n) is 8.90. The SMILES string of the molecule is C[C@@H](NC[C@H]1C[C@@H](c2ccc(F)c(C(=O)O)c2F)c2ccccc2O1)c1cccc2ccccc12. The molecular formula is C29H25F2NO3. The molecule has 1 heterocycles. The normalized spacial score (nSPS) is 18.0. The molecule has 1 aliphatic heterocycles. The second kappa shape index (κ2) is 9.47. The Morgan fingerprint density at radius 3 is 2.57 bits per heavy atom. The lowest BCUT2D eigenvalue weighted by atomic mass is 9.83. The first-order valence-corrected chi connectivity index (χ1v) is 11.6. The number of aromatic carboxylic acids is 1. The fourth-order valence-electron chi connectivity index (χ4n) is 4.99. The third-order valence-electron chi connectivity index (χ3n) is 6.74. The highest BCUT2D eigenvalue weighted by atomic mass is 19.1. The van der Waals surface area contributed by atoms with Gasteiger partial charge in [-0.25, -0.2) is 13.6 Å². The van der Waals surface area contributed by atoms with Crippen molar-refractivity contribution in [1.82, 2.24) is 5.32 Å². The summed E-state index contributed by atoms with van der Waals surface area (Å²) < 4.78 is 35.5. The Kier molecular flexibility index (Phi) is 6.22. The van der Waals surface area contributed by atoms with E-state index in [1.807, 2.05) is 42.5 Å². The molecule has 0 unspecified atom stereocenters. The molecule has 178 valence electrons. The number of hydrogen-bond acceptors (Lipinski definition) is 3. The summed E-state index contributed by atoms with van der Waals surface area (Å²) in [6, 6.07) is 24.2. The first kappa shape index (κ1) is 23.0. The molecule has 3 atom stereocenters. The van der Waals surface area contributed by atoms with Crippen molar-refractivity contribution in [3.63, 3.8) is 0 Å². The van der Waals surface area contributed by atoms with Crippen LogP contribution in [0, 0.1) is 11.6 Å². The van der Waals surface area contributed by atoms with Crippen LogP contribution in [0.5, 0.6) is 5.75 Å². The van der Waals surface area contributed by atoms with E-state index in [1.54, 1.807) is 0 Å². The number of benzene rings is 4. The Balaban J connectivity index is 1.42. The topological polar surface area (TPSA) is 58.6 Å². The van der Waals surface area contributed by atoms with Crippen molar-refractivity contribution in [2.24, 2.45) is 0 Å². The zero-order chi connectivity index (χ0) is 24.5. The number of rotatable bonds is 6. The van der Waals surface area contributed by atoms with E-state index in [2.05, 4.69) is 36.5 Å². The largest absolute Gasteiger partial charge is 0.489 e. The summed E-state index contributed by atoms with van der Waals surface area (Å²) in [6.45, 7) is 2.60. The lowest BCUT2D eigenvalue weighted by Gasteiger charge is -2.33. The molecule has 0 saturated heterocycles. The van der Waals surface area contributed by atoms with E-state index >= 15 is 4.39 Å². The first-order chi connectivity index (χ1) is 16.9. The first-order valence-electron chi connectivity index (χ1n) is 11.6. The van der Waals surface area contributed by atoms with E-state index in [0.29, 0.717) is 18.7 Å². The number of nitrogens with one attached hydrogen (secondary N) is 1. The molecule has 0 bridgehead atoms. The number of para-hydroxylation sites is 1. The predicted octanol–water partition coefficient (Wildman–Crippen LogP) is 6.45. The number of hydrogen-bond donors (Lipinski definition) is 2.